The molecule has 3 fully saturated rings. The number of carbonyl (C=O) groups excluding carboxylic acids is 2. The van der Waals surface area contributed by atoms with Crippen LogP contribution in [-0.2, 0) is 14.4 Å². The Labute approximate surface area is 172 Å². The molecule has 0 aliphatic heterocycles. The molecular weight excluding hydrogens is 401 g/mol. The van der Waals surface area contributed by atoms with Gasteiger partial charge in [-0.05, 0) is 55.7 Å². The van der Waals surface area contributed by atoms with Crippen molar-refractivity contribution in [1.82, 2.24) is 0 Å². The van der Waals surface area contributed by atoms with Crippen LogP contribution in [0, 0.1) is 28.6 Å². The number of rotatable bonds is 2. The molecule has 0 unspecified atom stereocenters. The molecule has 4 aliphatic carbocycles. The largest absolute Gasteiger partial charge is 0.475 e. The van der Waals surface area contributed by atoms with Gasteiger partial charge in [0.15, 0.2) is 11.5 Å². The molecule has 3 saturated carbocycles. The number of halogens is 3. The van der Waals surface area contributed by atoms with Gasteiger partial charge in [0.05, 0.1) is 0 Å². The highest BCUT2D eigenvalue weighted by atomic mass is 19.2. The van der Waals surface area contributed by atoms with Crippen molar-refractivity contribution < 1.29 is 37.8 Å². The Bertz CT molecular complexity index is 914. The number of aliphatic hydroxyl groups is 1. The summed E-state index contributed by atoms with van der Waals surface area (Å²) in [5.41, 5.74) is -8.28. The molecule has 0 saturated heterocycles. The van der Waals surface area contributed by atoms with E-state index in [-0.39, 0.29) is 12.0 Å². The molecule has 0 radical (unpaired) electrons. The Balaban J connectivity index is 1.87. The zero-order chi connectivity index (χ0) is 22.4. The summed E-state index contributed by atoms with van der Waals surface area (Å²) in [6.45, 7) is 4.28. The number of ketones is 2. The van der Waals surface area contributed by atoms with Gasteiger partial charge in [-0.25, -0.2) is 18.0 Å². The summed E-state index contributed by atoms with van der Waals surface area (Å²) in [5.74, 6) is -6.63. The van der Waals surface area contributed by atoms with Gasteiger partial charge in [-0.2, -0.15) is 0 Å². The quantitative estimate of drug-likeness (QED) is 0.663. The Morgan fingerprint density at radius 2 is 1.80 bits per heavy atom. The first-order chi connectivity index (χ1) is 13.7. The van der Waals surface area contributed by atoms with Crippen LogP contribution in [0.5, 0.6) is 0 Å². The van der Waals surface area contributed by atoms with Gasteiger partial charge in [-0.1, -0.05) is 19.9 Å². The van der Waals surface area contributed by atoms with Crippen LogP contribution in [0.2, 0.25) is 0 Å². The van der Waals surface area contributed by atoms with Gasteiger partial charge >= 0.3 is 5.97 Å². The van der Waals surface area contributed by atoms with Crippen LogP contribution < -0.4 is 0 Å². The van der Waals surface area contributed by atoms with E-state index in [4.69, 9.17) is 0 Å². The van der Waals surface area contributed by atoms with Crippen LogP contribution in [-0.4, -0.2) is 51.4 Å². The fraction of sp³-hybridized carbons (Fsp3) is 0.682. The lowest BCUT2D eigenvalue weighted by Gasteiger charge is -2.62. The fourth-order valence-corrected chi connectivity index (χ4v) is 7.12. The Morgan fingerprint density at radius 3 is 2.40 bits per heavy atom. The third-order valence-corrected chi connectivity index (χ3v) is 8.71. The second-order valence-corrected chi connectivity index (χ2v) is 9.85. The summed E-state index contributed by atoms with van der Waals surface area (Å²) in [5, 5.41) is 20.5. The zero-order valence-corrected chi connectivity index (χ0v) is 17.0. The molecule has 2 N–H and O–H groups in total. The monoisotopic (exact) mass is 426 g/mol. The van der Waals surface area contributed by atoms with E-state index < -0.39 is 82.6 Å². The molecular formula is C22H25F3O5. The first-order valence-corrected chi connectivity index (χ1v) is 10.2. The molecule has 0 heterocycles. The van der Waals surface area contributed by atoms with Crippen LogP contribution in [0.15, 0.2) is 23.8 Å². The summed E-state index contributed by atoms with van der Waals surface area (Å²) < 4.78 is 47.7. The second-order valence-electron chi connectivity index (χ2n) is 9.85. The highest BCUT2D eigenvalue weighted by molar-refractivity contribution is 6.36. The highest BCUT2D eigenvalue weighted by Gasteiger charge is 2.77. The average molecular weight is 426 g/mol. The summed E-state index contributed by atoms with van der Waals surface area (Å²) in [6.07, 6.45) is -1.42. The number of carboxylic acid groups (broad SMARTS) is 1. The number of alkyl halides is 3. The van der Waals surface area contributed by atoms with Crippen molar-refractivity contribution in [3.05, 3.63) is 23.8 Å². The topological polar surface area (TPSA) is 91.7 Å². The predicted molar refractivity (Wildman–Crippen MR) is 99.7 cm³/mol. The SMILES string of the molecule is C[C@@H]1C[C@H]2[C@@H]3C[C@H](F)C4=CC(=O)C=C[C@]4(C)[C@@]3(F)[C@@H](F)C[C@]2(C)[C@@]1(O)C(=O)C(=O)O. The molecule has 0 aromatic rings. The molecule has 164 valence electrons. The van der Waals surface area contributed by atoms with Gasteiger partial charge in [0.1, 0.15) is 17.9 Å². The van der Waals surface area contributed by atoms with Crippen LogP contribution in [0.1, 0.15) is 40.0 Å². The third kappa shape index (κ3) is 2.16. The first kappa shape index (κ1) is 21.3. The molecule has 9 atom stereocenters. The number of aliphatic carboxylic acids is 1. The molecule has 0 spiro atoms. The van der Waals surface area contributed by atoms with E-state index in [1.807, 2.05) is 0 Å². The van der Waals surface area contributed by atoms with Crippen molar-refractivity contribution in [3.63, 3.8) is 0 Å². The second kappa shape index (κ2) is 6.05. The van der Waals surface area contributed by atoms with Crippen LogP contribution in [0.4, 0.5) is 13.2 Å². The molecule has 0 amide bonds. The number of Topliss-reactive ketones (excluding diaryl/α,β-unsaturated/α-hetero) is 1. The Kier molecular flexibility index (Phi) is 4.29. The van der Waals surface area contributed by atoms with Gasteiger partial charge in [0.2, 0.25) is 0 Å². The van der Waals surface area contributed by atoms with Crippen molar-refractivity contribution in [1.29, 1.82) is 0 Å². The third-order valence-electron chi connectivity index (χ3n) is 8.71. The number of allylic oxidation sites excluding steroid dienone is 4. The molecule has 8 heteroatoms. The Morgan fingerprint density at radius 1 is 1.17 bits per heavy atom. The summed E-state index contributed by atoms with van der Waals surface area (Å²) >= 11 is 0. The van der Waals surface area contributed by atoms with Gasteiger partial charge < -0.3 is 10.2 Å². The fourth-order valence-electron chi connectivity index (χ4n) is 7.12. The molecule has 0 aromatic carbocycles. The van der Waals surface area contributed by atoms with Crippen LogP contribution >= 0.6 is 0 Å². The molecule has 0 bridgehead atoms. The maximum atomic E-state index is 16.8. The van der Waals surface area contributed by atoms with E-state index in [0.717, 1.165) is 12.2 Å². The van der Waals surface area contributed by atoms with E-state index in [1.54, 1.807) is 0 Å². The highest BCUT2D eigenvalue weighted by Crippen LogP contribution is 2.71. The van der Waals surface area contributed by atoms with Crippen molar-refractivity contribution in [2.24, 2.45) is 28.6 Å². The normalized spacial score (nSPS) is 52.2. The zero-order valence-electron chi connectivity index (χ0n) is 17.0. The van der Waals surface area contributed by atoms with Crippen molar-refractivity contribution in [3.8, 4) is 0 Å². The Hall–Kier alpha value is -1.96. The van der Waals surface area contributed by atoms with E-state index in [2.05, 4.69) is 0 Å². The minimum atomic E-state index is -2.56. The molecule has 30 heavy (non-hydrogen) atoms. The number of fused-ring (bicyclic) bond motifs is 5. The van der Waals surface area contributed by atoms with Gasteiger partial charge in [0.25, 0.3) is 5.78 Å². The van der Waals surface area contributed by atoms with E-state index in [9.17, 15) is 24.6 Å². The molecule has 4 rings (SSSR count). The standard InChI is InChI=1S/C22H25F3O5/c1-10-6-12-13-8-15(23)14-7-11(26)4-5-19(14,2)21(13,25)16(24)9-20(12,3)22(10,30)17(27)18(28)29/h4-5,7,10,12-13,15-16,30H,6,8-9H2,1-3H3,(H,28,29)/t10-,12+,13+,15+,16+,19+,20+,21+,22+/m1/s1. The summed E-state index contributed by atoms with van der Waals surface area (Å²) in [6, 6.07) is 0. The van der Waals surface area contributed by atoms with Crippen LogP contribution in [0.3, 0.4) is 0 Å². The average Bonchev–Trinajstić information content (AvgIpc) is 2.86. The lowest BCUT2D eigenvalue weighted by atomic mass is 9.44. The van der Waals surface area contributed by atoms with Gasteiger partial charge in [-0.3, -0.25) is 9.59 Å². The van der Waals surface area contributed by atoms with Gasteiger partial charge in [-0.15, -0.1) is 0 Å². The van der Waals surface area contributed by atoms with Crippen molar-refractivity contribution in [2.45, 2.75) is 63.6 Å². The van der Waals surface area contributed by atoms with Crippen molar-refractivity contribution in [2.75, 3.05) is 0 Å². The summed E-state index contributed by atoms with van der Waals surface area (Å²) in [4.78, 5) is 35.7. The summed E-state index contributed by atoms with van der Waals surface area (Å²) in [7, 11) is 0. The van der Waals surface area contributed by atoms with E-state index in [1.165, 1.54) is 26.8 Å². The predicted octanol–water partition coefficient (Wildman–Crippen LogP) is 2.91. The molecule has 5 nitrogen and oxygen atoms in total. The number of hydrogen-bond donors (Lipinski definition) is 2. The number of hydrogen-bond acceptors (Lipinski definition) is 4. The maximum absolute atomic E-state index is 16.8. The van der Waals surface area contributed by atoms with E-state index in [0.29, 0.717) is 0 Å². The van der Waals surface area contributed by atoms with Gasteiger partial charge in [0, 0.05) is 16.7 Å². The smallest absolute Gasteiger partial charge is 0.375 e. The maximum Gasteiger partial charge on any atom is 0.375 e. The minimum absolute atomic E-state index is 0.0690. The van der Waals surface area contributed by atoms with Crippen LogP contribution in [0.25, 0.3) is 0 Å². The minimum Gasteiger partial charge on any atom is -0.475 e. The molecule has 0 aromatic heterocycles. The number of carboxylic acids is 1. The molecule has 4 aliphatic rings. The van der Waals surface area contributed by atoms with E-state index >= 15 is 13.2 Å². The van der Waals surface area contributed by atoms with Crippen molar-refractivity contribution >= 4 is 17.5 Å². The lowest BCUT2D eigenvalue weighted by molar-refractivity contribution is -0.209. The number of carbonyl (C=O) groups is 3. The lowest BCUT2D eigenvalue weighted by Crippen LogP contribution is -2.70. The first-order valence-electron chi connectivity index (χ1n) is 10.2.